The molecular formula is C22H30N2O2S. The Labute approximate surface area is 163 Å². The summed E-state index contributed by atoms with van der Waals surface area (Å²) in [6.45, 7) is 3.72. The van der Waals surface area contributed by atoms with Gasteiger partial charge in [0.1, 0.15) is 0 Å². The average Bonchev–Trinajstić information content (AvgIpc) is 2.67. The van der Waals surface area contributed by atoms with Gasteiger partial charge in [-0.2, -0.15) is 0 Å². The third-order valence-corrected chi connectivity index (χ3v) is 6.55. The van der Waals surface area contributed by atoms with Crippen LogP contribution in [-0.4, -0.2) is 45.8 Å². The molecule has 0 bridgehead atoms. The molecule has 0 aromatic heterocycles. The Morgan fingerprint density at radius 2 is 1.56 bits per heavy atom. The zero-order valence-corrected chi connectivity index (χ0v) is 16.9. The molecule has 146 valence electrons. The van der Waals surface area contributed by atoms with Gasteiger partial charge in [0, 0.05) is 6.54 Å². The monoisotopic (exact) mass is 386 g/mol. The fourth-order valence-corrected chi connectivity index (χ4v) is 4.85. The van der Waals surface area contributed by atoms with Crippen molar-refractivity contribution in [2.24, 2.45) is 5.92 Å². The van der Waals surface area contributed by atoms with Crippen LogP contribution in [0.25, 0.3) is 0 Å². The van der Waals surface area contributed by atoms with Gasteiger partial charge in [0.05, 0.1) is 11.9 Å². The summed E-state index contributed by atoms with van der Waals surface area (Å²) in [6.07, 6.45) is 5.76. The zero-order chi connectivity index (χ0) is 19.1. The van der Waals surface area contributed by atoms with E-state index in [1.165, 1.54) is 35.4 Å². The maximum atomic E-state index is 12.1. The standard InChI is InChI=1S/C22H30N2O2S/c1-27(25,26)24(22-11-6-3-7-12-22)16-8-15-23-17-13-21(14-18-23)19-20-9-4-2-5-10-20/h2-7,9-12,21H,8,13-19H2,1H3. The molecule has 0 saturated carbocycles. The Morgan fingerprint density at radius 3 is 2.15 bits per heavy atom. The highest BCUT2D eigenvalue weighted by Gasteiger charge is 2.21. The van der Waals surface area contributed by atoms with Gasteiger partial charge in [0.2, 0.25) is 10.0 Å². The number of sulfonamides is 1. The molecule has 27 heavy (non-hydrogen) atoms. The molecule has 1 saturated heterocycles. The van der Waals surface area contributed by atoms with Crippen molar-refractivity contribution in [1.82, 2.24) is 4.90 Å². The number of likely N-dealkylation sites (tertiary alicyclic amines) is 1. The van der Waals surface area contributed by atoms with Gasteiger partial charge in [0.15, 0.2) is 0 Å². The van der Waals surface area contributed by atoms with E-state index in [1.54, 1.807) is 0 Å². The van der Waals surface area contributed by atoms with Gasteiger partial charge >= 0.3 is 0 Å². The lowest BCUT2D eigenvalue weighted by molar-refractivity contribution is 0.183. The summed E-state index contributed by atoms with van der Waals surface area (Å²) in [5.74, 6) is 0.764. The first-order chi connectivity index (χ1) is 13.0. The summed E-state index contributed by atoms with van der Waals surface area (Å²) >= 11 is 0. The van der Waals surface area contributed by atoms with Crippen molar-refractivity contribution >= 4 is 15.7 Å². The highest BCUT2D eigenvalue weighted by molar-refractivity contribution is 7.92. The van der Waals surface area contributed by atoms with Crippen molar-refractivity contribution in [3.63, 3.8) is 0 Å². The van der Waals surface area contributed by atoms with Gasteiger partial charge in [-0.05, 0) is 68.9 Å². The first kappa shape index (κ1) is 19.9. The Kier molecular flexibility index (Phi) is 6.91. The second kappa shape index (κ2) is 9.38. The van der Waals surface area contributed by atoms with Crippen molar-refractivity contribution in [3.05, 3.63) is 66.2 Å². The van der Waals surface area contributed by atoms with Crippen LogP contribution in [0, 0.1) is 5.92 Å². The van der Waals surface area contributed by atoms with Crippen LogP contribution in [-0.2, 0) is 16.4 Å². The lowest BCUT2D eigenvalue weighted by Crippen LogP contribution is -2.37. The van der Waals surface area contributed by atoms with Crippen molar-refractivity contribution in [2.75, 3.05) is 36.7 Å². The number of piperidine rings is 1. The van der Waals surface area contributed by atoms with E-state index in [4.69, 9.17) is 0 Å². The zero-order valence-electron chi connectivity index (χ0n) is 16.1. The molecule has 0 atom stereocenters. The molecule has 0 amide bonds. The molecule has 1 fully saturated rings. The minimum atomic E-state index is -3.25. The van der Waals surface area contributed by atoms with Crippen molar-refractivity contribution in [1.29, 1.82) is 0 Å². The first-order valence-electron chi connectivity index (χ1n) is 9.81. The molecule has 3 rings (SSSR count). The minimum Gasteiger partial charge on any atom is -0.303 e. The van der Waals surface area contributed by atoms with Crippen LogP contribution in [0.15, 0.2) is 60.7 Å². The maximum Gasteiger partial charge on any atom is 0.232 e. The predicted molar refractivity (Wildman–Crippen MR) is 113 cm³/mol. The summed E-state index contributed by atoms with van der Waals surface area (Å²) in [6, 6.07) is 20.1. The van der Waals surface area contributed by atoms with Crippen LogP contribution >= 0.6 is 0 Å². The fraction of sp³-hybridized carbons (Fsp3) is 0.455. The molecule has 2 aromatic carbocycles. The van der Waals surface area contributed by atoms with Gasteiger partial charge < -0.3 is 4.90 Å². The van der Waals surface area contributed by atoms with Crippen LogP contribution in [0.2, 0.25) is 0 Å². The van der Waals surface area contributed by atoms with Crippen LogP contribution in [0.4, 0.5) is 5.69 Å². The highest BCUT2D eigenvalue weighted by atomic mass is 32.2. The summed E-state index contributed by atoms with van der Waals surface area (Å²) in [4.78, 5) is 2.48. The van der Waals surface area contributed by atoms with E-state index in [0.717, 1.165) is 37.7 Å². The van der Waals surface area contributed by atoms with E-state index in [2.05, 4.69) is 35.2 Å². The molecule has 0 unspecified atom stereocenters. The Bertz CT molecular complexity index is 786. The van der Waals surface area contributed by atoms with Gasteiger partial charge in [0.25, 0.3) is 0 Å². The van der Waals surface area contributed by atoms with Gasteiger partial charge in [-0.1, -0.05) is 48.5 Å². The molecule has 4 nitrogen and oxygen atoms in total. The number of para-hydroxylation sites is 1. The molecule has 5 heteroatoms. The first-order valence-corrected chi connectivity index (χ1v) is 11.7. The third-order valence-electron chi connectivity index (χ3n) is 5.35. The second-order valence-electron chi connectivity index (χ2n) is 7.50. The number of benzene rings is 2. The lowest BCUT2D eigenvalue weighted by Gasteiger charge is -2.32. The number of rotatable bonds is 8. The molecule has 1 aliphatic heterocycles. The number of anilines is 1. The average molecular weight is 387 g/mol. The van der Waals surface area contributed by atoms with E-state index >= 15 is 0 Å². The maximum absolute atomic E-state index is 12.1. The number of nitrogens with zero attached hydrogens (tertiary/aromatic N) is 2. The van der Waals surface area contributed by atoms with Crippen LogP contribution in [0.1, 0.15) is 24.8 Å². The second-order valence-corrected chi connectivity index (χ2v) is 9.41. The summed E-state index contributed by atoms with van der Waals surface area (Å²) < 4.78 is 25.8. The topological polar surface area (TPSA) is 40.6 Å². The molecule has 0 radical (unpaired) electrons. The number of hydrogen-bond acceptors (Lipinski definition) is 3. The molecule has 2 aromatic rings. The number of hydrogen-bond donors (Lipinski definition) is 0. The Morgan fingerprint density at radius 1 is 0.963 bits per heavy atom. The molecule has 0 aliphatic carbocycles. The van der Waals surface area contributed by atoms with Crippen molar-refractivity contribution in [2.45, 2.75) is 25.7 Å². The predicted octanol–water partition coefficient (Wildman–Crippen LogP) is 3.80. The molecule has 0 N–H and O–H groups in total. The van der Waals surface area contributed by atoms with E-state index in [0.29, 0.717) is 6.54 Å². The van der Waals surface area contributed by atoms with Crippen LogP contribution in [0.3, 0.4) is 0 Å². The van der Waals surface area contributed by atoms with Crippen LogP contribution < -0.4 is 4.31 Å². The lowest BCUT2D eigenvalue weighted by atomic mass is 9.90. The van der Waals surface area contributed by atoms with E-state index < -0.39 is 10.0 Å². The molecule has 1 heterocycles. The normalized spacial score (nSPS) is 16.3. The van der Waals surface area contributed by atoms with E-state index in [1.807, 2.05) is 30.3 Å². The van der Waals surface area contributed by atoms with Crippen molar-refractivity contribution in [3.8, 4) is 0 Å². The SMILES string of the molecule is CS(=O)(=O)N(CCCN1CCC(Cc2ccccc2)CC1)c1ccccc1. The molecule has 1 aliphatic rings. The largest absolute Gasteiger partial charge is 0.303 e. The van der Waals surface area contributed by atoms with Gasteiger partial charge in [-0.25, -0.2) is 8.42 Å². The summed E-state index contributed by atoms with van der Waals surface area (Å²) in [7, 11) is -3.25. The summed E-state index contributed by atoms with van der Waals surface area (Å²) in [5.41, 5.74) is 2.18. The van der Waals surface area contributed by atoms with Crippen molar-refractivity contribution < 1.29 is 8.42 Å². The smallest absolute Gasteiger partial charge is 0.232 e. The molecular weight excluding hydrogens is 356 g/mol. The third kappa shape index (κ3) is 6.08. The highest BCUT2D eigenvalue weighted by Crippen LogP contribution is 2.22. The van der Waals surface area contributed by atoms with Crippen LogP contribution in [0.5, 0.6) is 0 Å². The Hall–Kier alpha value is -1.85. The van der Waals surface area contributed by atoms with Gasteiger partial charge in [-0.3, -0.25) is 4.31 Å². The Balaban J connectivity index is 1.44. The fourth-order valence-electron chi connectivity index (χ4n) is 3.88. The summed E-state index contributed by atoms with van der Waals surface area (Å²) in [5, 5.41) is 0. The minimum absolute atomic E-state index is 0.535. The quantitative estimate of drug-likeness (QED) is 0.693. The van der Waals surface area contributed by atoms with E-state index in [-0.39, 0.29) is 0 Å². The molecule has 0 spiro atoms. The van der Waals surface area contributed by atoms with Gasteiger partial charge in [-0.15, -0.1) is 0 Å². The van der Waals surface area contributed by atoms with E-state index in [9.17, 15) is 8.42 Å².